The lowest BCUT2D eigenvalue weighted by Crippen LogP contribution is -2.44. The van der Waals surface area contributed by atoms with Gasteiger partial charge >= 0.3 is 0 Å². The van der Waals surface area contributed by atoms with Gasteiger partial charge in [-0.15, -0.1) is 0 Å². The third-order valence-electron chi connectivity index (χ3n) is 11.2. The standard InChI is InChI=1S/C35H64O3Si4/c1-39(2,37-41(5,6)23-19-30-13-15-32-27-33(32)25-30)21-17-28-9-11-29(12-10-28)18-22-40(3,4)38-42(7,8)24-20-31-14-16-34-35(26-31)36-34/h9-12,30-35H,13-27H2,1-8H3. The number of aryl methyl sites for hydroxylation is 2. The smallest absolute Gasteiger partial charge is 0.173 e. The van der Waals surface area contributed by atoms with Crippen molar-refractivity contribution in [1.29, 1.82) is 0 Å². The van der Waals surface area contributed by atoms with Gasteiger partial charge in [0.2, 0.25) is 0 Å². The first kappa shape index (κ1) is 33.3. The predicted octanol–water partition coefficient (Wildman–Crippen LogP) is 10.4. The van der Waals surface area contributed by atoms with E-state index in [-0.39, 0.29) is 0 Å². The summed E-state index contributed by atoms with van der Waals surface area (Å²) >= 11 is 0. The van der Waals surface area contributed by atoms with Gasteiger partial charge < -0.3 is 13.0 Å². The number of rotatable bonds is 16. The molecule has 1 saturated heterocycles. The maximum Gasteiger partial charge on any atom is 0.173 e. The van der Waals surface area contributed by atoms with E-state index in [0.717, 1.165) is 36.5 Å². The Morgan fingerprint density at radius 3 is 1.52 bits per heavy atom. The van der Waals surface area contributed by atoms with Crippen LogP contribution < -0.4 is 0 Å². The minimum absolute atomic E-state index is 0.605. The SMILES string of the molecule is C[Si](C)(CCc1ccc(CC[Si](C)(C)O[Si](C)(C)CCC2CCC3OC3C2)cc1)O[Si](C)(C)CCC1CCC2CC2C1. The Kier molecular flexibility index (Phi) is 10.6. The summed E-state index contributed by atoms with van der Waals surface area (Å²) in [6.45, 7) is 19.8. The summed E-state index contributed by atoms with van der Waals surface area (Å²) in [6.07, 6.45) is 16.4. The van der Waals surface area contributed by atoms with E-state index in [1.807, 2.05) is 0 Å². The molecule has 42 heavy (non-hydrogen) atoms. The van der Waals surface area contributed by atoms with Crippen LogP contribution in [0.25, 0.3) is 0 Å². The first-order chi connectivity index (χ1) is 19.7. The van der Waals surface area contributed by atoms with Crippen LogP contribution in [0.2, 0.25) is 76.6 Å². The molecule has 0 amide bonds. The van der Waals surface area contributed by atoms with Crippen LogP contribution in [0.3, 0.4) is 0 Å². The summed E-state index contributed by atoms with van der Waals surface area (Å²) in [4.78, 5) is 0. The van der Waals surface area contributed by atoms with E-state index < -0.39 is 33.3 Å². The molecule has 6 atom stereocenters. The molecular formula is C35H64O3Si4. The highest BCUT2D eigenvalue weighted by Crippen LogP contribution is 2.52. The Morgan fingerprint density at radius 1 is 0.548 bits per heavy atom. The van der Waals surface area contributed by atoms with Gasteiger partial charge in [0, 0.05) is 0 Å². The fourth-order valence-corrected chi connectivity index (χ4v) is 26.1. The average Bonchev–Trinajstić information content (AvgIpc) is 3.82. The summed E-state index contributed by atoms with van der Waals surface area (Å²) in [6, 6.07) is 14.7. The Balaban J connectivity index is 0.997. The zero-order valence-corrected chi connectivity index (χ0v) is 32.6. The largest absolute Gasteiger partial charge is 0.455 e. The Hall–Kier alpha value is -0.0325. The zero-order valence-electron chi connectivity index (χ0n) is 28.6. The molecule has 0 spiro atoms. The van der Waals surface area contributed by atoms with Crippen molar-refractivity contribution in [3.05, 3.63) is 35.4 Å². The second kappa shape index (κ2) is 13.4. The number of benzene rings is 1. The van der Waals surface area contributed by atoms with E-state index in [1.165, 1.54) is 86.7 Å². The lowest BCUT2D eigenvalue weighted by Gasteiger charge is -2.35. The van der Waals surface area contributed by atoms with Crippen LogP contribution in [-0.2, 0) is 25.8 Å². The lowest BCUT2D eigenvalue weighted by atomic mass is 9.87. The van der Waals surface area contributed by atoms with Crippen LogP contribution in [0.15, 0.2) is 24.3 Å². The van der Waals surface area contributed by atoms with Gasteiger partial charge in [-0.05, 0) is 163 Å². The van der Waals surface area contributed by atoms with Gasteiger partial charge in [0.15, 0.2) is 33.3 Å². The van der Waals surface area contributed by atoms with Crippen LogP contribution in [0.1, 0.15) is 68.9 Å². The van der Waals surface area contributed by atoms with Gasteiger partial charge in [-0.1, -0.05) is 43.5 Å². The molecule has 6 unspecified atom stereocenters. The van der Waals surface area contributed by atoms with Gasteiger partial charge in [-0.25, -0.2) is 0 Å². The molecule has 1 heterocycles. The third kappa shape index (κ3) is 10.5. The van der Waals surface area contributed by atoms with E-state index in [0.29, 0.717) is 12.2 Å². The summed E-state index contributed by atoms with van der Waals surface area (Å²) in [5.74, 6) is 4.09. The number of ether oxygens (including phenoxy) is 1. The molecule has 1 aromatic rings. The normalized spacial score (nSPS) is 29.6. The van der Waals surface area contributed by atoms with E-state index in [1.54, 1.807) is 6.42 Å². The molecule has 0 bridgehead atoms. The predicted molar refractivity (Wildman–Crippen MR) is 189 cm³/mol. The van der Waals surface area contributed by atoms with Crippen LogP contribution in [0.5, 0.6) is 0 Å². The molecule has 3 aliphatic carbocycles. The molecule has 5 rings (SSSR count). The van der Waals surface area contributed by atoms with Crippen molar-refractivity contribution in [2.24, 2.45) is 23.7 Å². The molecule has 238 valence electrons. The molecule has 4 aliphatic rings. The second-order valence-electron chi connectivity index (χ2n) is 17.5. The highest BCUT2D eigenvalue weighted by Gasteiger charge is 2.44. The number of hydrogen-bond acceptors (Lipinski definition) is 3. The highest BCUT2D eigenvalue weighted by molar-refractivity contribution is 6.85. The van der Waals surface area contributed by atoms with Crippen molar-refractivity contribution in [2.75, 3.05) is 0 Å². The summed E-state index contributed by atoms with van der Waals surface area (Å²) in [5.41, 5.74) is 2.96. The van der Waals surface area contributed by atoms with Gasteiger partial charge in [-0.2, -0.15) is 0 Å². The molecule has 0 N–H and O–H groups in total. The lowest BCUT2D eigenvalue weighted by molar-refractivity contribution is 0.331. The number of hydrogen-bond donors (Lipinski definition) is 0. The van der Waals surface area contributed by atoms with Crippen molar-refractivity contribution in [2.45, 2.75) is 159 Å². The molecule has 3 saturated carbocycles. The Bertz CT molecular complexity index is 943. The molecule has 1 aliphatic heterocycles. The van der Waals surface area contributed by atoms with Crippen molar-refractivity contribution in [1.82, 2.24) is 0 Å². The number of fused-ring (bicyclic) bond motifs is 2. The minimum Gasteiger partial charge on any atom is -0.455 e. The van der Waals surface area contributed by atoms with E-state index >= 15 is 0 Å². The fourth-order valence-electron chi connectivity index (χ4n) is 8.53. The van der Waals surface area contributed by atoms with Crippen LogP contribution in [-0.4, -0.2) is 45.5 Å². The molecule has 3 nitrogen and oxygen atoms in total. The molecule has 0 radical (unpaired) electrons. The van der Waals surface area contributed by atoms with Crippen LogP contribution in [0.4, 0.5) is 0 Å². The summed E-state index contributed by atoms with van der Waals surface area (Å²) < 4.78 is 19.8. The number of epoxide rings is 1. The highest BCUT2D eigenvalue weighted by atomic mass is 28.4. The molecule has 1 aromatic carbocycles. The Morgan fingerprint density at radius 2 is 1.02 bits per heavy atom. The van der Waals surface area contributed by atoms with Gasteiger partial charge in [0.1, 0.15) is 0 Å². The van der Waals surface area contributed by atoms with Crippen molar-refractivity contribution in [3.8, 4) is 0 Å². The quantitative estimate of drug-likeness (QED) is 0.133. The molecule has 4 fully saturated rings. The van der Waals surface area contributed by atoms with Gasteiger partial charge in [0.05, 0.1) is 12.2 Å². The third-order valence-corrected chi connectivity index (χ3v) is 26.0. The van der Waals surface area contributed by atoms with Crippen molar-refractivity contribution in [3.63, 3.8) is 0 Å². The van der Waals surface area contributed by atoms with E-state index in [9.17, 15) is 0 Å². The van der Waals surface area contributed by atoms with Crippen LogP contribution in [0, 0.1) is 23.7 Å². The maximum atomic E-state index is 7.04. The zero-order chi connectivity index (χ0) is 30.2. The summed E-state index contributed by atoms with van der Waals surface area (Å²) in [5, 5.41) is 0. The van der Waals surface area contributed by atoms with Crippen LogP contribution >= 0.6 is 0 Å². The topological polar surface area (TPSA) is 31.0 Å². The van der Waals surface area contributed by atoms with E-state index in [2.05, 4.69) is 76.6 Å². The first-order valence-corrected chi connectivity index (χ1v) is 30.3. The molecule has 7 heteroatoms. The van der Waals surface area contributed by atoms with Crippen molar-refractivity contribution < 1.29 is 13.0 Å². The Labute approximate surface area is 263 Å². The van der Waals surface area contributed by atoms with E-state index in [4.69, 9.17) is 13.0 Å². The van der Waals surface area contributed by atoms with Gasteiger partial charge in [0.25, 0.3) is 0 Å². The molecular weight excluding hydrogens is 581 g/mol. The second-order valence-corrected chi connectivity index (χ2v) is 35.2. The average molecular weight is 645 g/mol. The molecule has 0 aromatic heterocycles. The minimum atomic E-state index is -1.68. The first-order valence-electron chi connectivity index (χ1n) is 17.8. The maximum absolute atomic E-state index is 7.04. The van der Waals surface area contributed by atoms with Crippen molar-refractivity contribution >= 4 is 33.3 Å². The fraction of sp³-hybridized carbons (Fsp3) is 0.829. The summed E-state index contributed by atoms with van der Waals surface area (Å²) in [7, 11) is -6.55. The monoisotopic (exact) mass is 644 g/mol. The van der Waals surface area contributed by atoms with Gasteiger partial charge in [-0.3, -0.25) is 0 Å².